The van der Waals surface area contributed by atoms with Crippen LogP contribution in [0.2, 0.25) is 0 Å². The van der Waals surface area contributed by atoms with Crippen molar-refractivity contribution in [2.45, 2.75) is 26.3 Å². The zero-order valence-electron chi connectivity index (χ0n) is 11.5. The predicted octanol–water partition coefficient (Wildman–Crippen LogP) is 1.96. The van der Waals surface area contributed by atoms with Crippen LogP contribution in [-0.4, -0.2) is 26.7 Å². The Bertz CT molecular complexity index is 379. The lowest BCUT2D eigenvalue weighted by atomic mass is 10.1. The van der Waals surface area contributed by atoms with Crippen LogP contribution in [0.15, 0.2) is 18.2 Å². The molecule has 0 aliphatic carbocycles. The Balaban J connectivity index is 1.79. The number of rotatable bonds is 7. The van der Waals surface area contributed by atoms with Crippen LogP contribution < -0.4 is 15.4 Å². The lowest BCUT2D eigenvalue weighted by Gasteiger charge is -2.15. The Hall–Kier alpha value is -1.06. The largest absolute Gasteiger partial charge is 0.493 e. The van der Waals surface area contributed by atoms with Crippen LogP contribution in [0.3, 0.4) is 0 Å². The summed E-state index contributed by atoms with van der Waals surface area (Å²) in [5.41, 5.74) is 2.72. The lowest BCUT2D eigenvalue weighted by molar-refractivity contribution is 0.357. The van der Waals surface area contributed by atoms with Crippen molar-refractivity contribution < 1.29 is 4.74 Å². The van der Waals surface area contributed by atoms with Gasteiger partial charge in [-0.1, -0.05) is 25.5 Å². The number of hydrogen-bond donors (Lipinski definition) is 2. The highest BCUT2D eigenvalue weighted by Gasteiger charge is 2.12. The van der Waals surface area contributed by atoms with E-state index in [1.54, 1.807) is 0 Å². The van der Waals surface area contributed by atoms with Crippen molar-refractivity contribution >= 4 is 0 Å². The molecule has 1 aromatic carbocycles. The normalized spacial score (nSPS) is 15.2. The Morgan fingerprint density at radius 2 is 2.22 bits per heavy atom. The van der Waals surface area contributed by atoms with Crippen LogP contribution in [0.25, 0.3) is 0 Å². The van der Waals surface area contributed by atoms with Gasteiger partial charge in [-0.3, -0.25) is 0 Å². The maximum atomic E-state index is 5.52. The Labute approximate surface area is 110 Å². The highest BCUT2D eigenvalue weighted by Crippen LogP contribution is 2.25. The fraction of sp³-hybridized carbons (Fsp3) is 0.600. The van der Waals surface area contributed by atoms with Gasteiger partial charge in [-0.15, -0.1) is 0 Å². The summed E-state index contributed by atoms with van der Waals surface area (Å²) in [5, 5.41) is 6.79. The molecule has 1 atom stereocenters. The second kappa shape index (κ2) is 6.76. The van der Waals surface area contributed by atoms with Gasteiger partial charge in [0.25, 0.3) is 0 Å². The quantitative estimate of drug-likeness (QED) is 0.774. The van der Waals surface area contributed by atoms with Gasteiger partial charge in [-0.25, -0.2) is 0 Å². The molecule has 0 aromatic heterocycles. The summed E-state index contributed by atoms with van der Waals surface area (Å²) < 4.78 is 5.52. The first-order valence-electron chi connectivity index (χ1n) is 6.93. The van der Waals surface area contributed by atoms with Crippen molar-refractivity contribution in [1.82, 2.24) is 10.6 Å². The van der Waals surface area contributed by atoms with Gasteiger partial charge in [-0.2, -0.15) is 0 Å². The molecule has 1 aliphatic rings. The molecule has 1 unspecified atom stereocenters. The van der Waals surface area contributed by atoms with E-state index in [1.165, 1.54) is 17.5 Å². The van der Waals surface area contributed by atoms with Gasteiger partial charge in [0, 0.05) is 13.0 Å². The molecule has 2 rings (SSSR count). The average Bonchev–Trinajstić information content (AvgIpc) is 2.85. The van der Waals surface area contributed by atoms with E-state index >= 15 is 0 Å². The average molecular weight is 248 g/mol. The molecule has 0 saturated heterocycles. The third-order valence-electron chi connectivity index (χ3n) is 3.59. The fourth-order valence-electron chi connectivity index (χ4n) is 2.42. The topological polar surface area (TPSA) is 33.3 Å². The molecule has 1 aliphatic heterocycles. The summed E-state index contributed by atoms with van der Waals surface area (Å²) in [6.07, 6.45) is 2.27. The van der Waals surface area contributed by atoms with Crippen LogP contribution in [0.5, 0.6) is 5.75 Å². The molecule has 18 heavy (non-hydrogen) atoms. The number of benzene rings is 1. The summed E-state index contributed by atoms with van der Waals surface area (Å²) in [4.78, 5) is 0. The van der Waals surface area contributed by atoms with Gasteiger partial charge < -0.3 is 15.4 Å². The Morgan fingerprint density at radius 1 is 1.33 bits per heavy atom. The summed E-state index contributed by atoms with van der Waals surface area (Å²) in [6.45, 7) is 6.20. The maximum Gasteiger partial charge on any atom is 0.122 e. The first kappa shape index (κ1) is 13.4. The van der Waals surface area contributed by atoms with Gasteiger partial charge in [-0.05, 0) is 43.2 Å². The van der Waals surface area contributed by atoms with Gasteiger partial charge >= 0.3 is 0 Å². The predicted molar refractivity (Wildman–Crippen MR) is 75.1 cm³/mol. The molecular weight excluding hydrogens is 224 g/mol. The van der Waals surface area contributed by atoms with Crippen molar-refractivity contribution in [3.63, 3.8) is 0 Å². The van der Waals surface area contributed by atoms with Gasteiger partial charge in [0.2, 0.25) is 0 Å². The van der Waals surface area contributed by atoms with E-state index < -0.39 is 0 Å². The van der Waals surface area contributed by atoms with Crippen LogP contribution in [0.1, 0.15) is 24.5 Å². The first-order chi connectivity index (χ1) is 8.83. The van der Waals surface area contributed by atoms with Crippen molar-refractivity contribution in [3.05, 3.63) is 29.3 Å². The monoisotopic (exact) mass is 248 g/mol. The van der Waals surface area contributed by atoms with Crippen molar-refractivity contribution in [1.29, 1.82) is 0 Å². The van der Waals surface area contributed by atoms with E-state index in [9.17, 15) is 0 Å². The van der Waals surface area contributed by atoms with Crippen molar-refractivity contribution in [3.8, 4) is 5.75 Å². The molecule has 0 bridgehead atoms. The molecule has 0 saturated carbocycles. The van der Waals surface area contributed by atoms with Crippen LogP contribution in [-0.2, 0) is 13.0 Å². The number of hydrogen-bond acceptors (Lipinski definition) is 3. The van der Waals surface area contributed by atoms with E-state index in [-0.39, 0.29) is 0 Å². The number of nitrogens with one attached hydrogen (secondary N) is 2. The van der Waals surface area contributed by atoms with Crippen molar-refractivity contribution in [2.75, 3.05) is 26.7 Å². The highest BCUT2D eigenvalue weighted by atomic mass is 16.5. The lowest BCUT2D eigenvalue weighted by Crippen LogP contribution is -2.29. The minimum Gasteiger partial charge on any atom is -0.493 e. The van der Waals surface area contributed by atoms with E-state index in [1.807, 2.05) is 7.05 Å². The summed E-state index contributed by atoms with van der Waals surface area (Å²) in [5.74, 6) is 1.79. The van der Waals surface area contributed by atoms with E-state index in [4.69, 9.17) is 4.74 Å². The number of ether oxygens (including phenoxy) is 1. The fourth-order valence-corrected chi connectivity index (χ4v) is 2.42. The second-order valence-electron chi connectivity index (χ2n) is 5.00. The molecule has 0 amide bonds. The van der Waals surface area contributed by atoms with Crippen LogP contribution in [0, 0.1) is 5.92 Å². The minimum atomic E-state index is 0.716. The molecule has 1 aromatic rings. The summed E-state index contributed by atoms with van der Waals surface area (Å²) in [6, 6.07) is 6.54. The van der Waals surface area contributed by atoms with Gasteiger partial charge in [0.1, 0.15) is 5.75 Å². The molecule has 3 nitrogen and oxygen atoms in total. The second-order valence-corrected chi connectivity index (χ2v) is 5.00. The highest BCUT2D eigenvalue weighted by molar-refractivity contribution is 5.39. The third kappa shape index (κ3) is 3.47. The zero-order chi connectivity index (χ0) is 12.8. The molecule has 0 spiro atoms. The molecule has 2 N–H and O–H groups in total. The Kier molecular flexibility index (Phi) is 5.02. The SMILES string of the molecule is CCC(CNC)CNCc1ccc2c(c1)CCO2. The third-order valence-corrected chi connectivity index (χ3v) is 3.59. The van der Waals surface area contributed by atoms with E-state index in [0.29, 0.717) is 5.92 Å². The van der Waals surface area contributed by atoms with E-state index in [2.05, 4.69) is 35.8 Å². The molecule has 0 fully saturated rings. The van der Waals surface area contributed by atoms with Gasteiger partial charge in [0.05, 0.1) is 6.61 Å². The molecule has 100 valence electrons. The molecule has 0 radical (unpaired) electrons. The number of fused-ring (bicyclic) bond motifs is 1. The maximum absolute atomic E-state index is 5.52. The first-order valence-corrected chi connectivity index (χ1v) is 6.93. The summed E-state index contributed by atoms with van der Waals surface area (Å²) in [7, 11) is 2.02. The van der Waals surface area contributed by atoms with Crippen LogP contribution >= 0.6 is 0 Å². The zero-order valence-corrected chi connectivity index (χ0v) is 11.5. The summed E-state index contributed by atoms with van der Waals surface area (Å²) >= 11 is 0. The molecule has 3 heteroatoms. The smallest absolute Gasteiger partial charge is 0.122 e. The minimum absolute atomic E-state index is 0.716. The molecule has 1 heterocycles. The van der Waals surface area contributed by atoms with Crippen molar-refractivity contribution in [2.24, 2.45) is 5.92 Å². The van der Waals surface area contributed by atoms with Crippen LogP contribution in [0.4, 0.5) is 0 Å². The standard InChI is InChI=1S/C15H24N2O/c1-3-12(9-16-2)10-17-11-13-4-5-15-14(8-13)6-7-18-15/h4-5,8,12,16-17H,3,6-7,9-11H2,1-2H3. The van der Waals surface area contributed by atoms with E-state index in [0.717, 1.165) is 38.4 Å². The molecular formula is C15H24N2O. The van der Waals surface area contributed by atoms with Gasteiger partial charge in [0.15, 0.2) is 0 Å². The Morgan fingerprint density at radius 3 is 3.00 bits per heavy atom.